The van der Waals surface area contributed by atoms with Gasteiger partial charge in [0.25, 0.3) is 0 Å². The van der Waals surface area contributed by atoms with E-state index < -0.39 is 11.9 Å². The van der Waals surface area contributed by atoms with Gasteiger partial charge in [0.1, 0.15) is 11.6 Å². The smallest absolute Gasteiger partial charge is 0.312 e. The van der Waals surface area contributed by atoms with Crippen molar-refractivity contribution in [2.75, 3.05) is 0 Å². The fourth-order valence-electron chi connectivity index (χ4n) is 2.37. The molecule has 0 saturated heterocycles. The Morgan fingerprint density at radius 1 is 1.30 bits per heavy atom. The zero-order valence-corrected chi connectivity index (χ0v) is 13.9. The second kappa shape index (κ2) is 6.56. The first-order valence-corrected chi connectivity index (χ1v) is 8.44. The van der Waals surface area contributed by atoms with Crippen molar-refractivity contribution in [2.24, 2.45) is 0 Å². The lowest BCUT2D eigenvalue weighted by atomic mass is 9.99. The lowest BCUT2D eigenvalue weighted by Crippen LogP contribution is -2.11. The van der Waals surface area contributed by atoms with Crippen molar-refractivity contribution in [3.8, 4) is 22.8 Å². The maximum absolute atomic E-state index is 11.5. The second-order valence-corrected chi connectivity index (χ2v) is 6.27. The van der Waals surface area contributed by atoms with Crippen LogP contribution in [0.15, 0.2) is 45.5 Å². The Bertz CT molecular complexity index is 809. The van der Waals surface area contributed by atoms with Crippen LogP contribution in [0, 0.1) is 0 Å². The monoisotopic (exact) mass is 347 g/mol. The van der Waals surface area contributed by atoms with Crippen molar-refractivity contribution in [3.63, 3.8) is 0 Å². The van der Waals surface area contributed by atoms with Crippen LogP contribution < -0.4 is 0 Å². The number of nitrogens with zero attached hydrogens (tertiary/aromatic N) is 1. The number of hydrogen-bond donors (Lipinski definition) is 1. The van der Waals surface area contributed by atoms with Crippen molar-refractivity contribution in [2.45, 2.75) is 19.3 Å². The molecular weight excluding hydrogens is 334 g/mol. The van der Waals surface area contributed by atoms with Crippen molar-refractivity contribution in [1.29, 1.82) is 0 Å². The third kappa shape index (κ3) is 3.16. The molecule has 0 bridgehead atoms. The Hall–Kier alpha value is -2.11. The molecule has 0 spiro atoms. The van der Waals surface area contributed by atoms with Crippen LogP contribution in [-0.2, 0) is 4.79 Å². The second-order valence-electron chi connectivity index (χ2n) is 5.05. The van der Waals surface area contributed by atoms with Crippen LogP contribution in [0.2, 0.25) is 5.02 Å². The average molecular weight is 348 g/mol. The highest BCUT2D eigenvalue weighted by molar-refractivity contribution is 7.08. The van der Waals surface area contributed by atoms with Gasteiger partial charge in [0.2, 0.25) is 5.89 Å². The van der Waals surface area contributed by atoms with Gasteiger partial charge >= 0.3 is 5.97 Å². The van der Waals surface area contributed by atoms with Crippen LogP contribution in [0.4, 0.5) is 0 Å². The highest BCUT2D eigenvalue weighted by Gasteiger charge is 2.28. The molecule has 0 aliphatic carbocycles. The predicted octanol–water partition coefficient (Wildman–Crippen LogP) is 5.30. The number of carboxylic acids is 1. The van der Waals surface area contributed by atoms with E-state index in [1.54, 1.807) is 24.3 Å². The third-order valence-corrected chi connectivity index (χ3v) is 4.50. The topological polar surface area (TPSA) is 63.3 Å². The number of aliphatic carboxylic acids is 1. The molecule has 0 aliphatic rings. The molecule has 0 amide bonds. The van der Waals surface area contributed by atoms with Gasteiger partial charge in [-0.1, -0.05) is 18.5 Å². The summed E-state index contributed by atoms with van der Waals surface area (Å²) >= 11 is 7.43. The van der Waals surface area contributed by atoms with E-state index in [1.165, 1.54) is 11.3 Å². The van der Waals surface area contributed by atoms with Gasteiger partial charge in [-0.25, -0.2) is 4.98 Å². The highest BCUT2D eigenvalue weighted by atomic mass is 35.5. The van der Waals surface area contributed by atoms with Crippen LogP contribution in [0.3, 0.4) is 0 Å². The van der Waals surface area contributed by atoms with Crippen molar-refractivity contribution in [3.05, 3.63) is 51.8 Å². The lowest BCUT2D eigenvalue weighted by Gasteiger charge is -2.07. The molecule has 1 N–H and O–H groups in total. The van der Waals surface area contributed by atoms with E-state index in [0.29, 0.717) is 28.8 Å². The number of aromatic nitrogens is 1. The maximum atomic E-state index is 11.5. The van der Waals surface area contributed by atoms with E-state index in [2.05, 4.69) is 4.98 Å². The summed E-state index contributed by atoms with van der Waals surface area (Å²) in [5.74, 6) is -0.683. The van der Waals surface area contributed by atoms with Gasteiger partial charge < -0.3 is 9.52 Å². The molecule has 2 heterocycles. The number of rotatable bonds is 5. The van der Waals surface area contributed by atoms with Gasteiger partial charge in [-0.3, -0.25) is 4.79 Å². The van der Waals surface area contributed by atoms with Crippen LogP contribution >= 0.6 is 22.9 Å². The Labute approximate surface area is 142 Å². The van der Waals surface area contributed by atoms with Crippen LogP contribution in [0.1, 0.15) is 25.0 Å². The molecule has 3 rings (SSSR count). The molecule has 0 fully saturated rings. The van der Waals surface area contributed by atoms with E-state index in [9.17, 15) is 9.90 Å². The van der Waals surface area contributed by atoms with Gasteiger partial charge in [-0.2, -0.15) is 11.3 Å². The summed E-state index contributed by atoms with van der Waals surface area (Å²) in [6.45, 7) is 1.83. The lowest BCUT2D eigenvalue weighted by molar-refractivity contribution is -0.138. The number of carboxylic acid groups (broad SMARTS) is 1. The van der Waals surface area contributed by atoms with Crippen molar-refractivity contribution in [1.82, 2.24) is 4.98 Å². The predicted molar refractivity (Wildman–Crippen MR) is 90.9 cm³/mol. The van der Waals surface area contributed by atoms with Crippen LogP contribution in [0.25, 0.3) is 22.8 Å². The molecule has 1 atom stereocenters. The Kier molecular flexibility index (Phi) is 4.50. The molecule has 0 radical (unpaired) electrons. The number of benzene rings is 1. The Morgan fingerprint density at radius 3 is 2.61 bits per heavy atom. The Morgan fingerprint density at radius 2 is 2.04 bits per heavy atom. The third-order valence-electron chi connectivity index (χ3n) is 3.56. The van der Waals surface area contributed by atoms with Gasteiger partial charge in [0, 0.05) is 21.5 Å². The minimum absolute atomic E-state index is 0.401. The van der Waals surface area contributed by atoms with Crippen molar-refractivity contribution < 1.29 is 14.3 Å². The standard InChI is InChI=1S/C17H14ClNO3S/c1-2-13(17(20)21)14-15(11-7-8-23-9-11)22-16(19-14)10-3-5-12(18)6-4-10/h3-9,13H,2H2,1H3,(H,20,21). The molecule has 0 saturated carbocycles. The average Bonchev–Trinajstić information content (AvgIpc) is 3.17. The normalized spacial score (nSPS) is 12.3. The van der Waals surface area contributed by atoms with Crippen LogP contribution in [0.5, 0.6) is 0 Å². The fraction of sp³-hybridized carbons (Fsp3) is 0.176. The summed E-state index contributed by atoms with van der Waals surface area (Å²) in [6, 6.07) is 9.00. The molecule has 6 heteroatoms. The molecule has 4 nitrogen and oxygen atoms in total. The van der Waals surface area contributed by atoms with Crippen molar-refractivity contribution >= 4 is 28.9 Å². The Balaban J connectivity index is 2.13. The van der Waals surface area contributed by atoms with E-state index in [4.69, 9.17) is 16.0 Å². The first kappa shape index (κ1) is 15.8. The summed E-state index contributed by atoms with van der Waals surface area (Å²) in [6.07, 6.45) is 0.444. The molecule has 3 aromatic rings. The number of hydrogen-bond acceptors (Lipinski definition) is 4. The number of oxazole rings is 1. The highest BCUT2D eigenvalue weighted by Crippen LogP contribution is 2.36. The number of thiophene rings is 1. The summed E-state index contributed by atoms with van der Waals surface area (Å²) in [4.78, 5) is 16.0. The van der Waals surface area contributed by atoms with Gasteiger partial charge in [-0.05, 0) is 42.1 Å². The summed E-state index contributed by atoms with van der Waals surface area (Å²) in [5.41, 5.74) is 2.07. The van der Waals surface area contributed by atoms with E-state index >= 15 is 0 Å². The molecule has 118 valence electrons. The molecule has 1 aromatic carbocycles. The number of carbonyl (C=O) groups is 1. The molecule has 23 heavy (non-hydrogen) atoms. The fourth-order valence-corrected chi connectivity index (χ4v) is 3.13. The first-order valence-electron chi connectivity index (χ1n) is 7.12. The molecular formula is C17H14ClNO3S. The van der Waals surface area contributed by atoms with Gasteiger partial charge in [-0.15, -0.1) is 0 Å². The summed E-state index contributed by atoms with van der Waals surface area (Å²) in [5, 5.41) is 13.9. The summed E-state index contributed by atoms with van der Waals surface area (Å²) in [7, 11) is 0. The first-order chi connectivity index (χ1) is 11.1. The SMILES string of the molecule is CCC(C(=O)O)c1nc(-c2ccc(Cl)cc2)oc1-c1ccsc1. The zero-order chi connectivity index (χ0) is 16.4. The minimum atomic E-state index is -0.903. The minimum Gasteiger partial charge on any atom is -0.481 e. The van der Waals surface area contributed by atoms with E-state index in [0.717, 1.165) is 11.1 Å². The zero-order valence-electron chi connectivity index (χ0n) is 12.3. The molecule has 1 unspecified atom stereocenters. The van der Waals surface area contributed by atoms with E-state index in [-0.39, 0.29) is 0 Å². The molecule has 2 aromatic heterocycles. The summed E-state index contributed by atoms with van der Waals surface area (Å²) < 4.78 is 5.91. The number of halogens is 1. The quantitative estimate of drug-likeness (QED) is 0.680. The van der Waals surface area contributed by atoms with Gasteiger partial charge in [0.05, 0.1) is 0 Å². The van der Waals surface area contributed by atoms with Gasteiger partial charge in [0.15, 0.2) is 5.76 Å². The largest absolute Gasteiger partial charge is 0.481 e. The molecule has 0 aliphatic heterocycles. The van der Waals surface area contributed by atoms with E-state index in [1.807, 2.05) is 23.8 Å². The van der Waals surface area contributed by atoms with Crippen LogP contribution in [-0.4, -0.2) is 16.1 Å². The maximum Gasteiger partial charge on any atom is 0.312 e.